The van der Waals surface area contributed by atoms with Crippen molar-refractivity contribution in [1.82, 2.24) is 4.57 Å². The van der Waals surface area contributed by atoms with E-state index < -0.39 is 0 Å². The number of rotatable bonds is 3. The zero-order valence-corrected chi connectivity index (χ0v) is 11.2. The molecule has 1 aromatic heterocycles. The summed E-state index contributed by atoms with van der Waals surface area (Å²) >= 11 is 9.50. The minimum atomic E-state index is 0.735. The van der Waals surface area contributed by atoms with E-state index in [4.69, 9.17) is 11.6 Å². The van der Waals surface area contributed by atoms with Crippen LogP contribution in [0.5, 0.6) is 0 Å². The highest BCUT2D eigenvalue weighted by Crippen LogP contribution is 2.26. The van der Waals surface area contributed by atoms with Gasteiger partial charge in [-0.25, -0.2) is 0 Å². The van der Waals surface area contributed by atoms with Crippen molar-refractivity contribution >= 4 is 33.2 Å². The summed E-state index contributed by atoms with van der Waals surface area (Å²) in [5, 5.41) is 4.04. The molecular weight excluding hydrogens is 288 g/mol. The smallest absolute Gasteiger partial charge is 0.0638 e. The lowest BCUT2D eigenvalue weighted by molar-refractivity contribution is 0.920. The maximum atomic E-state index is 6.08. The number of nitrogens with one attached hydrogen (secondary N) is 1. The highest BCUT2D eigenvalue weighted by molar-refractivity contribution is 9.10. The third-order valence-corrected chi connectivity index (χ3v) is 3.13. The molecule has 0 aliphatic heterocycles. The standard InChI is InChI=1S/C12H12BrClN2/c1-16-5-4-9(8-16)7-15-12-6-10(13)2-3-11(12)14/h2-6,8,15H,7H2,1H3. The quantitative estimate of drug-likeness (QED) is 0.904. The van der Waals surface area contributed by atoms with Gasteiger partial charge in [-0.2, -0.15) is 0 Å². The second kappa shape index (κ2) is 4.93. The first-order valence-corrected chi connectivity index (χ1v) is 6.12. The van der Waals surface area contributed by atoms with Crippen molar-refractivity contribution in [3.05, 3.63) is 51.7 Å². The van der Waals surface area contributed by atoms with E-state index in [1.54, 1.807) is 0 Å². The molecular formula is C12H12BrClN2. The molecule has 0 aliphatic rings. The number of anilines is 1. The Bertz CT molecular complexity index is 494. The molecule has 0 radical (unpaired) electrons. The Hall–Kier alpha value is -0.930. The first-order valence-electron chi connectivity index (χ1n) is 4.95. The van der Waals surface area contributed by atoms with Crippen molar-refractivity contribution in [3.63, 3.8) is 0 Å². The van der Waals surface area contributed by atoms with Gasteiger partial charge in [0.15, 0.2) is 0 Å². The van der Waals surface area contributed by atoms with Gasteiger partial charge in [0.2, 0.25) is 0 Å². The van der Waals surface area contributed by atoms with Gasteiger partial charge in [0, 0.05) is 30.5 Å². The predicted molar refractivity (Wildman–Crippen MR) is 71.9 cm³/mol. The third-order valence-electron chi connectivity index (χ3n) is 2.30. The molecule has 0 spiro atoms. The van der Waals surface area contributed by atoms with Crippen LogP contribution in [0.4, 0.5) is 5.69 Å². The van der Waals surface area contributed by atoms with Gasteiger partial charge < -0.3 is 9.88 Å². The Kier molecular flexibility index (Phi) is 3.56. The third kappa shape index (κ3) is 2.80. The maximum Gasteiger partial charge on any atom is 0.0638 e. The zero-order chi connectivity index (χ0) is 11.5. The van der Waals surface area contributed by atoms with E-state index in [1.807, 2.05) is 36.0 Å². The Morgan fingerprint density at radius 3 is 2.88 bits per heavy atom. The highest BCUT2D eigenvalue weighted by Gasteiger charge is 2.01. The molecule has 2 rings (SSSR count). The molecule has 0 saturated carbocycles. The molecule has 2 nitrogen and oxygen atoms in total. The van der Waals surface area contributed by atoms with Crippen molar-refractivity contribution in [2.75, 3.05) is 5.32 Å². The van der Waals surface area contributed by atoms with Crippen LogP contribution in [0.3, 0.4) is 0 Å². The van der Waals surface area contributed by atoms with Crippen LogP contribution in [0.25, 0.3) is 0 Å². The van der Waals surface area contributed by atoms with Crippen LogP contribution >= 0.6 is 27.5 Å². The van der Waals surface area contributed by atoms with Crippen LogP contribution in [0.15, 0.2) is 41.1 Å². The van der Waals surface area contributed by atoms with Gasteiger partial charge in [-0.1, -0.05) is 27.5 Å². The van der Waals surface area contributed by atoms with E-state index in [0.717, 1.165) is 21.7 Å². The molecule has 16 heavy (non-hydrogen) atoms. The lowest BCUT2D eigenvalue weighted by atomic mass is 10.3. The fourth-order valence-corrected chi connectivity index (χ4v) is 2.04. The van der Waals surface area contributed by atoms with Gasteiger partial charge in [0.25, 0.3) is 0 Å². The molecule has 1 heterocycles. The van der Waals surface area contributed by atoms with Crippen LogP contribution in [-0.2, 0) is 13.6 Å². The first-order chi connectivity index (χ1) is 7.65. The predicted octanol–water partition coefficient (Wildman–Crippen LogP) is 4.05. The second-order valence-corrected chi connectivity index (χ2v) is 4.99. The summed E-state index contributed by atoms with van der Waals surface area (Å²) in [5.41, 5.74) is 2.18. The molecule has 4 heteroatoms. The minimum Gasteiger partial charge on any atom is -0.380 e. The van der Waals surface area contributed by atoms with Gasteiger partial charge in [-0.3, -0.25) is 0 Å². The largest absolute Gasteiger partial charge is 0.380 e. The number of hydrogen-bond donors (Lipinski definition) is 1. The van der Waals surface area contributed by atoms with Gasteiger partial charge >= 0.3 is 0 Å². The Morgan fingerprint density at radius 2 is 2.19 bits per heavy atom. The molecule has 0 fully saturated rings. The fraction of sp³-hybridized carbons (Fsp3) is 0.167. The SMILES string of the molecule is Cn1ccc(CNc2cc(Br)ccc2Cl)c1. The van der Waals surface area contributed by atoms with Crippen molar-refractivity contribution in [2.45, 2.75) is 6.54 Å². The lowest BCUT2D eigenvalue weighted by Crippen LogP contribution is -1.99. The monoisotopic (exact) mass is 298 g/mol. The van der Waals surface area contributed by atoms with Crippen LogP contribution in [-0.4, -0.2) is 4.57 Å². The summed E-state index contributed by atoms with van der Waals surface area (Å²) in [6, 6.07) is 7.86. The molecule has 0 saturated heterocycles. The zero-order valence-electron chi connectivity index (χ0n) is 8.87. The first kappa shape index (κ1) is 11.6. The normalized spacial score (nSPS) is 10.4. The Balaban J connectivity index is 2.07. The maximum absolute atomic E-state index is 6.08. The lowest BCUT2D eigenvalue weighted by Gasteiger charge is -2.07. The molecule has 0 amide bonds. The summed E-state index contributed by atoms with van der Waals surface area (Å²) < 4.78 is 3.05. The van der Waals surface area contributed by atoms with Gasteiger partial charge in [0.1, 0.15) is 0 Å². The fourth-order valence-electron chi connectivity index (χ4n) is 1.50. The molecule has 1 aromatic carbocycles. The number of aryl methyl sites for hydroxylation is 1. The topological polar surface area (TPSA) is 17.0 Å². The van der Waals surface area contributed by atoms with Crippen molar-refractivity contribution < 1.29 is 0 Å². The highest BCUT2D eigenvalue weighted by atomic mass is 79.9. The van der Waals surface area contributed by atoms with E-state index in [0.29, 0.717) is 0 Å². The number of aromatic nitrogens is 1. The van der Waals surface area contributed by atoms with Crippen LogP contribution in [0.1, 0.15) is 5.56 Å². The van der Waals surface area contributed by atoms with Crippen LogP contribution in [0.2, 0.25) is 5.02 Å². The summed E-state index contributed by atoms with van der Waals surface area (Å²) in [5.74, 6) is 0. The van der Waals surface area contributed by atoms with E-state index >= 15 is 0 Å². The average Bonchev–Trinajstić information content (AvgIpc) is 2.66. The van der Waals surface area contributed by atoms with Crippen LogP contribution in [0, 0.1) is 0 Å². The van der Waals surface area contributed by atoms with Crippen molar-refractivity contribution in [3.8, 4) is 0 Å². The summed E-state index contributed by atoms with van der Waals surface area (Å²) in [4.78, 5) is 0. The molecule has 0 aliphatic carbocycles. The summed E-state index contributed by atoms with van der Waals surface area (Å²) in [6.45, 7) is 0.775. The van der Waals surface area contributed by atoms with E-state index in [2.05, 4.69) is 33.5 Å². The van der Waals surface area contributed by atoms with Gasteiger partial charge in [0.05, 0.1) is 10.7 Å². The Morgan fingerprint density at radius 1 is 1.38 bits per heavy atom. The molecule has 2 aromatic rings. The Labute approximate surface area is 108 Å². The minimum absolute atomic E-state index is 0.735. The molecule has 84 valence electrons. The van der Waals surface area contributed by atoms with E-state index in [9.17, 15) is 0 Å². The van der Waals surface area contributed by atoms with Crippen molar-refractivity contribution in [1.29, 1.82) is 0 Å². The summed E-state index contributed by atoms with van der Waals surface area (Å²) in [7, 11) is 2.01. The molecule has 0 atom stereocenters. The summed E-state index contributed by atoms with van der Waals surface area (Å²) in [6.07, 6.45) is 4.11. The number of nitrogens with zero attached hydrogens (tertiary/aromatic N) is 1. The van der Waals surface area contributed by atoms with E-state index in [-0.39, 0.29) is 0 Å². The molecule has 0 unspecified atom stereocenters. The van der Waals surface area contributed by atoms with Gasteiger partial charge in [-0.05, 0) is 29.8 Å². The molecule has 0 bridgehead atoms. The second-order valence-electron chi connectivity index (χ2n) is 3.66. The number of hydrogen-bond acceptors (Lipinski definition) is 1. The molecule has 1 N–H and O–H groups in total. The average molecular weight is 300 g/mol. The number of benzene rings is 1. The van der Waals surface area contributed by atoms with Gasteiger partial charge in [-0.15, -0.1) is 0 Å². The van der Waals surface area contributed by atoms with E-state index in [1.165, 1.54) is 5.56 Å². The van der Waals surface area contributed by atoms with Crippen molar-refractivity contribution in [2.24, 2.45) is 7.05 Å². The van der Waals surface area contributed by atoms with Crippen LogP contribution < -0.4 is 5.32 Å². The number of halogens is 2.